The van der Waals surface area contributed by atoms with Crippen molar-refractivity contribution < 1.29 is 0 Å². The van der Waals surface area contributed by atoms with Gasteiger partial charge in [-0.15, -0.1) is 0 Å². The van der Waals surface area contributed by atoms with E-state index in [2.05, 4.69) is 46.9 Å². The second-order valence-electron chi connectivity index (χ2n) is 8.37. The lowest BCUT2D eigenvalue weighted by atomic mass is 9.96. The van der Waals surface area contributed by atoms with Crippen LogP contribution in [-0.2, 0) is 19.5 Å². The van der Waals surface area contributed by atoms with Gasteiger partial charge in [0.1, 0.15) is 11.6 Å². The fourth-order valence-corrected chi connectivity index (χ4v) is 4.08. The van der Waals surface area contributed by atoms with Crippen LogP contribution in [0.1, 0.15) is 67.0 Å². The Balaban J connectivity index is 1.42. The number of nitrogens with zero attached hydrogens (tertiary/aromatic N) is 6. The number of fused-ring (bicyclic) bond motifs is 1. The van der Waals surface area contributed by atoms with E-state index in [4.69, 9.17) is 9.97 Å². The van der Waals surface area contributed by atoms with Gasteiger partial charge in [-0.05, 0) is 26.4 Å². The summed E-state index contributed by atoms with van der Waals surface area (Å²) in [5.74, 6) is 2.76. The van der Waals surface area contributed by atoms with Gasteiger partial charge < -0.3 is 4.90 Å². The Labute approximate surface area is 162 Å². The quantitative estimate of drug-likeness (QED) is 0.829. The highest BCUT2D eigenvalue weighted by Crippen LogP contribution is 2.27. The summed E-state index contributed by atoms with van der Waals surface area (Å²) in [7, 11) is 2.16. The van der Waals surface area contributed by atoms with Crippen molar-refractivity contribution in [3.8, 4) is 0 Å². The highest BCUT2D eigenvalue weighted by atomic mass is 15.1. The van der Waals surface area contributed by atoms with Crippen LogP contribution in [0.4, 0.5) is 0 Å². The van der Waals surface area contributed by atoms with E-state index in [-0.39, 0.29) is 0 Å². The second-order valence-corrected chi connectivity index (χ2v) is 8.37. The predicted octanol–water partition coefficient (Wildman–Crippen LogP) is 2.76. The summed E-state index contributed by atoms with van der Waals surface area (Å²) in [6.45, 7) is 9.36. The van der Waals surface area contributed by atoms with E-state index < -0.39 is 0 Å². The number of rotatable bonds is 4. The first-order valence-corrected chi connectivity index (χ1v) is 10.1. The first kappa shape index (κ1) is 18.4. The van der Waals surface area contributed by atoms with E-state index in [1.54, 1.807) is 0 Å². The molecule has 6 nitrogen and oxygen atoms in total. The van der Waals surface area contributed by atoms with Crippen LogP contribution >= 0.6 is 0 Å². The monoisotopic (exact) mass is 366 g/mol. The normalized spacial score (nSPS) is 21.4. The van der Waals surface area contributed by atoms with Crippen molar-refractivity contribution in [3.05, 3.63) is 47.1 Å². The Morgan fingerprint density at radius 3 is 2.70 bits per heavy atom. The van der Waals surface area contributed by atoms with Gasteiger partial charge in [0.15, 0.2) is 0 Å². The maximum atomic E-state index is 4.95. The van der Waals surface area contributed by atoms with Crippen molar-refractivity contribution in [1.29, 1.82) is 0 Å². The highest BCUT2D eigenvalue weighted by molar-refractivity contribution is 5.21. The third kappa shape index (κ3) is 4.33. The molecular weight excluding hydrogens is 336 g/mol. The summed E-state index contributed by atoms with van der Waals surface area (Å²) in [5, 5.41) is 0. The Morgan fingerprint density at radius 2 is 1.93 bits per heavy atom. The predicted molar refractivity (Wildman–Crippen MR) is 105 cm³/mol. The molecular formula is C21H30N6. The molecule has 0 N–H and O–H groups in total. The average molecular weight is 367 g/mol. The van der Waals surface area contributed by atoms with E-state index in [0.717, 1.165) is 50.8 Å². The van der Waals surface area contributed by atoms with Gasteiger partial charge in [0.25, 0.3) is 0 Å². The SMILES string of the molecule is CC(C)c1ncc(CN2CCC[C@@H](c3ncc4c(n3)CCN(C)C4)C2)cn1. The molecule has 0 bridgehead atoms. The van der Waals surface area contributed by atoms with Crippen molar-refractivity contribution in [2.45, 2.75) is 58.0 Å². The molecule has 2 aromatic rings. The van der Waals surface area contributed by atoms with E-state index >= 15 is 0 Å². The van der Waals surface area contributed by atoms with Crippen LogP contribution < -0.4 is 0 Å². The van der Waals surface area contributed by atoms with Crippen molar-refractivity contribution in [3.63, 3.8) is 0 Å². The molecule has 2 aliphatic heterocycles. The summed E-state index contributed by atoms with van der Waals surface area (Å²) in [4.78, 5) is 23.5. The van der Waals surface area contributed by atoms with Gasteiger partial charge >= 0.3 is 0 Å². The van der Waals surface area contributed by atoms with Gasteiger partial charge in [-0.2, -0.15) is 0 Å². The molecule has 2 aliphatic rings. The first-order chi connectivity index (χ1) is 13.1. The lowest BCUT2D eigenvalue weighted by Gasteiger charge is -2.32. The number of hydrogen-bond donors (Lipinski definition) is 0. The topological polar surface area (TPSA) is 58.0 Å². The number of hydrogen-bond acceptors (Lipinski definition) is 6. The van der Waals surface area contributed by atoms with Gasteiger partial charge in [0.05, 0.1) is 0 Å². The lowest BCUT2D eigenvalue weighted by molar-refractivity contribution is 0.195. The Bertz CT molecular complexity index is 773. The van der Waals surface area contributed by atoms with Crippen LogP contribution in [0.3, 0.4) is 0 Å². The average Bonchev–Trinajstić information content (AvgIpc) is 2.68. The molecule has 1 fully saturated rings. The van der Waals surface area contributed by atoms with E-state index in [9.17, 15) is 0 Å². The highest BCUT2D eigenvalue weighted by Gasteiger charge is 2.25. The van der Waals surface area contributed by atoms with E-state index in [1.165, 1.54) is 29.7 Å². The van der Waals surface area contributed by atoms with Gasteiger partial charge in [0.2, 0.25) is 0 Å². The van der Waals surface area contributed by atoms with Crippen LogP contribution in [0.2, 0.25) is 0 Å². The zero-order valence-corrected chi connectivity index (χ0v) is 16.7. The minimum Gasteiger partial charge on any atom is -0.302 e. The van der Waals surface area contributed by atoms with Gasteiger partial charge in [0, 0.05) is 79.8 Å². The van der Waals surface area contributed by atoms with Gasteiger partial charge in [-0.1, -0.05) is 13.8 Å². The molecule has 0 aromatic carbocycles. The molecule has 4 rings (SSSR count). The van der Waals surface area contributed by atoms with Crippen LogP contribution in [0.15, 0.2) is 18.6 Å². The minimum atomic E-state index is 0.374. The zero-order chi connectivity index (χ0) is 18.8. The lowest BCUT2D eigenvalue weighted by Crippen LogP contribution is -2.35. The molecule has 6 heteroatoms. The molecule has 0 radical (unpaired) electrons. The van der Waals surface area contributed by atoms with Crippen molar-refractivity contribution >= 4 is 0 Å². The van der Waals surface area contributed by atoms with Crippen LogP contribution in [0, 0.1) is 0 Å². The molecule has 1 saturated heterocycles. The maximum absolute atomic E-state index is 4.95. The fourth-order valence-electron chi connectivity index (χ4n) is 4.08. The summed E-state index contributed by atoms with van der Waals surface area (Å²) >= 11 is 0. The zero-order valence-electron chi connectivity index (χ0n) is 16.7. The molecule has 0 amide bonds. The molecule has 0 aliphatic carbocycles. The smallest absolute Gasteiger partial charge is 0.132 e. The van der Waals surface area contributed by atoms with Crippen molar-refractivity contribution in [2.75, 3.05) is 26.7 Å². The number of aromatic nitrogens is 4. The summed E-state index contributed by atoms with van der Waals surface area (Å²) in [6.07, 6.45) is 9.44. The number of piperidine rings is 1. The summed E-state index contributed by atoms with van der Waals surface area (Å²) in [5.41, 5.74) is 3.74. The van der Waals surface area contributed by atoms with Gasteiger partial charge in [-0.25, -0.2) is 19.9 Å². The number of likely N-dealkylation sites (N-methyl/N-ethyl adjacent to an activating group) is 1. The van der Waals surface area contributed by atoms with Crippen LogP contribution in [-0.4, -0.2) is 56.4 Å². The maximum Gasteiger partial charge on any atom is 0.132 e. The van der Waals surface area contributed by atoms with Crippen molar-refractivity contribution in [2.24, 2.45) is 0 Å². The Hall–Kier alpha value is -1.92. The fraction of sp³-hybridized carbons (Fsp3) is 0.619. The minimum absolute atomic E-state index is 0.374. The number of likely N-dealkylation sites (tertiary alicyclic amines) is 1. The van der Waals surface area contributed by atoms with Crippen LogP contribution in [0.25, 0.3) is 0 Å². The van der Waals surface area contributed by atoms with Gasteiger partial charge in [-0.3, -0.25) is 4.90 Å². The molecule has 1 atom stereocenters. The largest absolute Gasteiger partial charge is 0.302 e. The van der Waals surface area contributed by atoms with Crippen molar-refractivity contribution in [1.82, 2.24) is 29.7 Å². The standard InChI is InChI=1S/C21H30N6/c1-15(2)20-22-9-16(10-23-20)12-27-7-4-5-17(14-27)21-24-11-18-13-26(3)8-6-19(18)25-21/h9-11,15,17H,4-8,12-14H2,1-3H3/t17-/m1/s1. The first-order valence-electron chi connectivity index (χ1n) is 10.1. The molecule has 4 heterocycles. The third-order valence-electron chi connectivity index (χ3n) is 5.66. The third-order valence-corrected chi connectivity index (χ3v) is 5.66. The van der Waals surface area contributed by atoms with Crippen LogP contribution in [0.5, 0.6) is 0 Å². The second kappa shape index (κ2) is 7.98. The van der Waals surface area contributed by atoms with E-state index in [1.807, 2.05) is 12.4 Å². The van der Waals surface area contributed by atoms with E-state index in [0.29, 0.717) is 11.8 Å². The Morgan fingerprint density at radius 1 is 1.11 bits per heavy atom. The molecule has 0 unspecified atom stereocenters. The summed E-state index contributed by atoms with van der Waals surface area (Å²) in [6, 6.07) is 0. The Kier molecular flexibility index (Phi) is 5.45. The molecule has 27 heavy (non-hydrogen) atoms. The molecule has 0 spiro atoms. The molecule has 2 aromatic heterocycles. The summed E-state index contributed by atoms with van der Waals surface area (Å²) < 4.78 is 0. The molecule has 144 valence electrons. The molecule has 0 saturated carbocycles.